The lowest BCUT2D eigenvalue weighted by atomic mass is 10.2. The van der Waals surface area contributed by atoms with Gasteiger partial charge in [-0.15, -0.1) is 13.5 Å². The van der Waals surface area contributed by atoms with Gasteiger partial charge in [-0.3, -0.25) is 22.6 Å². The highest BCUT2D eigenvalue weighted by molar-refractivity contribution is 7.78. The Morgan fingerprint density at radius 1 is 0.600 bits per heavy atom. The molecule has 286 valence electrons. The molecular formula is C19H17F15N5O8P3. The summed E-state index contributed by atoms with van der Waals surface area (Å²) in [5.41, 5.74) is 8.31. The number of carbonyl (C=O) groups excluding carboxylic acids is 1. The highest BCUT2D eigenvalue weighted by atomic mass is 31.3. The Hall–Kier alpha value is -2.69. The van der Waals surface area contributed by atoms with Crippen LogP contribution in [0, 0.1) is 0 Å². The third-order valence-corrected chi connectivity index (χ3v) is 12.6. The lowest BCUT2D eigenvalue weighted by molar-refractivity contribution is -0.163. The van der Waals surface area contributed by atoms with E-state index in [1.54, 1.807) is 0 Å². The first-order valence-electron chi connectivity index (χ1n) is 12.2. The summed E-state index contributed by atoms with van der Waals surface area (Å²) in [6.45, 7) is -14.3. The van der Waals surface area contributed by atoms with Crippen molar-refractivity contribution < 1.29 is 107 Å². The zero-order valence-electron chi connectivity index (χ0n) is 23.6. The quantitative estimate of drug-likeness (QED) is 0.0424. The molecule has 13 nitrogen and oxygen atoms in total. The predicted molar refractivity (Wildman–Crippen MR) is 135 cm³/mol. The van der Waals surface area contributed by atoms with Gasteiger partial charge < -0.3 is 14.8 Å². The van der Waals surface area contributed by atoms with Gasteiger partial charge in [0.05, 0.1) is 0 Å². The van der Waals surface area contributed by atoms with Gasteiger partial charge in [-0.1, -0.05) is 12.1 Å². The summed E-state index contributed by atoms with van der Waals surface area (Å²) in [7, 11) is -18.1. The fraction of sp³-hybridized carbons (Fsp3) is 0.579. The van der Waals surface area contributed by atoms with Gasteiger partial charge in [0.25, 0.3) is 0 Å². The molecule has 1 unspecified atom stereocenters. The van der Waals surface area contributed by atoms with E-state index < -0.39 is 105 Å². The fourth-order valence-corrected chi connectivity index (χ4v) is 12.0. The molecule has 0 bridgehead atoms. The number of nitrogens with zero attached hydrogens (tertiary/aromatic N) is 5. The van der Waals surface area contributed by atoms with Crippen LogP contribution in [0.3, 0.4) is 0 Å². The largest absolute Gasteiger partial charge is 0.452 e. The van der Waals surface area contributed by atoms with Gasteiger partial charge >= 0.3 is 66.0 Å². The Balaban J connectivity index is 2.96. The molecule has 0 spiro atoms. The number of benzene rings is 1. The molecule has 31 heteroatoms. The summed E-state index contributed by atoms with van der Waals surface area (Å²) >= 11 is 0. The minimum atomic E-state index is -6.12. The van der Waals surface area contributed by atoms with E-state index in [4.69, 9.17) is 10.1 Å². The maximum absolute atomic E-state index is 13.3. The van der Waals surface area contributed by atoms with Crippen LogP contribution in [-0.2, 0) is 38.8 Å². The number of alkyl halides is 15. The standard InChI is InChI=1S/C19H17F15N5O8P3/c20-15(21,22)7-42-48(43-8-16(23,24)25)37-49(44-9-17(26,27)28,45-10-18(29,30)31)39-50(38-48,46-11-19(32,33)34)47-13-3-1-12(2-4-13)6-41-14(40)5-36-35/h1-5H,6-11H2. The van der Waals surface area contributed by atoms with Gasteiger partial charge in [0.15, 0.2) is 33.0 Å². The lowest BCUT2D eigenvalue weighted by Gasteiger charge is -2.33. The van der Waals surface area contributed by atoms with Crippen LogP contribution >= 0.6 is 23.0 Å². The van der Waals surface area contributed by atoms with Gasteiger partial charge in [-0.05, 0) is 17.7 Å². The maximum atomic E-state index is 13.3. The minimum absolute atomic E-state index is 0.000825. The molecule has 0 aromatic heterocycles. The Morgan fingerprint density at radius 3 is 1.26 bits per heavy atom. The highest BCUT2D eigenvalue weighted by Crippen LogP contribution is 2.80. The molecule has 50 heavy (non-hydrogen) atoms. The smallest absolute Gasteiger partial charge is 0.413 e. The molecule has 0 saturated carbocycles. The number of esters is 1. The summed E-state index contributed by atoms with van der Waals surface area (Å²) in [4.78, 5) is 13.7. The van der Waals surface area contributed by atoms with Gasteiger partial charge in [0.1, 0.15) is 12.4 Å². The van der Waals surface area contributed by atoms with E-state index in [-0.39, 0.29) is 5.56 Å². The number of ether oxygens (including phenoxy) is 1. The van der Waals surface area contributed by atoms with Crippen LogP contribution in [0.4, 0.5) is 65.9 Å². The number of halogens is 15. The van der Waals surface area contributed by atoms with Crippen LogP contribution in [0.5, 0.6) is 5.75 Å². The molecular weight excluding hydrogens is 804 g/mol. The summed E-state index contributed by atoms with van der Waals surface area (Å²) in [6.07, 6.45) is -27.5. The van der Waals surface area contributed by atoms with E-state index in [1.807, 2.05) is 0 Å². The topological polar surface area (TPSA) is 155 Å². The lowest BCUT2D eigenvalue weighted by Crippen LogP contribution is -2.22. The normalized spacial score (nSPS) is 19.3. The molecule has 0 aliphatic carbocycles. The van der Waals surface area contributed by atoms with Crippen molar-refractivity contribution in [2.75, 3.05) is 33.0 Å². The molecule has 0 fully saturated rings. The molecule has 0 radical (unpaired) electrons. The summed E-state index contributed by atoms with van der Waals surface area (Å²) in [6, 6.07) is 3.30. The molecule has 0 saturated heterocycles. The van der Waals surface area contributed by atoms with E-state index in [2.05, 4.69) is 45.7 Å². The van der Waals surface area contributed by atoms with E-state index >= 15 is 0 Å². The molecule has 0 amide bonds. The molecule has 2 rings (SSSR count). The van der Waals surface area contributed by atoms with Crippen LogP contribution in [0.25, 0.3) is 5.53 Å². The van der Waals surface area contributed by atoms with Crippen molar-refractivity contribution in [2.45, 2.75) is 37.5 Å². The van der Waals surface area contributed by atoms with E-state index in [9.17, 15) is 70.7 Å². The SMILES string of the molecule is [N-]=[N+]=CC(=O)OCc1ccc(OP2(OCC(F)(F)F)=NP(OCC(F)(F)F)(OCC(F)(F)F)=NP(OCC(F)(F)F)(OCC(F)(F)F)=N2)cc1. The van der Waals surface area contributed by atoms with Crippen molar-refractivity contribution in [1.29, 1.82) is 0 Å². The van der Waals surface area contributed by atoms with E-state index in [0.717, 1.165) is 24.3 Å². The van der Waals surface area contributed by atoms with Crippen LogP contribution < -0.4 is 4.52 Å². The minimum Gasteiger partial charge on any atom is -0.452 e. The number of rotatable bonds is 15. The fourth-order valence-electron chi connectivity index (χ4n) is 2.69. The van der Waals surface area contributed by atoms with Crippen molar-refractivity contribution in [3.8, 4) is 5.75 Å². The van der Waals surface area contributed by atoms with E-state index in [0.29, 0.717) is 6.21 Å². The predicted octanol–water partition coefficient (Wildman–Crippen LogP) is 9.16. The van der Waals surface area contributed by atoms with Gasteiger partial charge in [0.2, 0.25) is 0 Å². The van der Waals surface area contributed by atoms with Crippen molar-refractivity contribution in [1.82, 2.24) is 0 Å². The first-order valence-corrected chi connectivity index (χ1v) is 16.8. The van der Waals surface area contributed by atoms with E-state index in [1.165, 1.54) is 0 Å². The number of carbonyl (C=O) groups is 1. The Morgan fingerprint density at radius 2 is 0.920 bits per heavy atom. The summed E-state index contributed by atoms with van der Waals surface area (Å²) < 4.78 is 239. The average Bonchev–Trinajstić information content (AvgIpc) is 2.94. The summed E-state index contributed by atoms with van der Waals surface area (Å²) in [5, 5.41) is 0. The monoisotopic (exact) mass is 821 g/mol. The van der Waals surface area contributed by atoms with Crippen molar-refractivity contribution in [2.24, 2.45) is 13.5 Å². The first kappa shape index (κ1) is 43.5. The molecule has 1 aromatic rings. The molecule has 1 heterocycles. The molecule has 1 atom stereocenters. The van der Waals surface area contributed by atoms with Crippen LogP contribution in [0.15, 0.2) is 37.8 Å². The second kappa shape index (κ2) is 16.3. The Bertz CT molecular complexity index is 1470. The van der Waals surface area contributed by atoms with Gasteiger partial charge in [-0.25, -0.2) is 4.79 Å². The van der Waals surface area contributed by atoms with Gasteiger partial charge in [-0.2, -0.15) is 70.6 Å². The maximum Gasteiger partial charge on any atom is 0.413 e. The molecule has 1 aromatic carbocycles. The zero-order chi connectivity index (χ0) is 38.3. The van der Waals surface area contributed by atoms with Gasteiger partial charge in [0, 0.05) is 0 Å². The highest BCUT2D eigenvalue weighted by Gasteiger charge is 2.50. The van der Waals surface area contributed by atoms with Crippen LogP contribution in [-0.4, -0.2) is 80.9 Å². The second-order valence-corrected chi connectivity index (χ2v) is 15.3. The van der Waals surface area contributed by atoms with Crippen molar-refractivity contribution in [3.63, 3.8) is 0 Å². The Kier molecular flexibility index (Phi) is 14.2. The van der Waals surface area contributed by atoms with Crippen molar-refractivity contribution >= 4 is 35.2 Å². The first-order chi connectivity index (χ1) is 22.6. The molecule has 1 aliphatic rings. The van der Waals surface area contributed by atoms with Crippen molar-refractivity contribution in [3.05, 3.63) is 35.4 Å². The zero-order valence-corrected chi connectivity index (χ0v) is 26.3. The average molecular weight is 821 g/mol. The van der Waals surface area contributed by atoms with Crippen LogP contribution in [0.2, 0.25) is 0 Å². The molecule has 1 aliphatic heterocycles. The Labute approximate surface area is 268 Å². The second-order valence-electron chi connectivity index (χ2n) is 8.77. The third kappa shape index (κ3) is 16.6. The number of hydrogen-bond donors (Lipinski definition) is 0. The summed E-state index contributed by atoms with van der Waals surface area (Å²) in [5.74, 6) is -2.05. The van der Waals surface area contributed by atoms with Crippen LogP contribution in [0.1, 0.15) is 5.56 Å². The third-order valence-electron chi connectivity index (χ3n) is 4.35. The molecule has 0 N–H and O–H groups in total. The number of hydrogen-bond acceptors (Lipinski definition) is 11.